The minimum atomic E-state index is -4.20. The van der Waals surface area contributed by atoms with Crippen molar-refractivity contribution < 1.29 is 41.5 Å². The number of hydrogen-bond acceptors (Lipinski definition) is 9. The van der Waals surface area contributed by atoms with Crippen LogP contribution in [0.25, 0.3) is 22.8 Å². The number of hydrogen-bond donors (Lipinski definition) is 1. The maximum Gasteiger partial charge on any atom is 0.227 e. The summed E-state index contributed by atoms with van der Waals surface area (Å²) in [6.07, 6.45) is 5.36. The largest absolute Gasteiger partial charge is 0.748 e. The molecule has 198 valence electrons. The van der Waals surface area contributed by atoms with Crippen LogP contribution in [-0.4, -0.2) is 43.3 Å². The molecule has 2 heterocycles. The van der Waals surface area contributed by atoms with Crippen LogP contribution in [0.1, 0.15) is 32.8 Å². The Morgan fingerprint density at radius 1 is 1.08 bits per heavy atom. The van der Waals surface area contributed by atoms with Gasteiger partial charge in [0.15, 0.2) is 18.2 Å². The minimum Gasteiger partial charge on any atom is -0.748 e. The third kappa shape index (κ3) is 9.97. The maximum absolute atomic E-state index is 10.7. The average molecular weight is 540 g/mol. The summed E-state index contributed by atoms with van der Waals surface area (Å²) in [5.74, 6) is 0.568. The maximum atomic E-state index is 10.7. The van der Waals surface area contributed by atoms with Crippen LogP contribution in [0.5, 0.6) is 0 Å². The summed E-state index contributed by atoms with van der Waals surface area (Å²) in [7, 11) is -4.20. The summed E-state index contributed by atoms with van der Waals surface area (Å²) < 4.78 is 44.0. The number of quaternary nitrogens is 1. The van der Waals surface area contributed by atoms with Gasteiger partial charge in [0.25, 0.3) is 0 Å². The van der Waals surface area contributed by atoms with E-state index in [1.807, 2.05) is 19.1 Å². The molecule has 2 aromatic heterocycles. The zero-order valence-electron chi connectivity index (χ0n) is 20.9. The monoisotopic (exact) mass is 539 g/mol. The van der Waals surface area contributed by atoms with E-state index in [1.165, 1.54) is 19.6 Å². The van der Waals surface area contributed by atoms with Gasteiger partial charge in [0.05, 0.1) is 48.0 Å². The van der Waals surface area contributed by atoms with Gasteiger partial charge < -0.3 is 19.1 Å². The molecular weight excluding hydrogens is 506 g/mol. The zero-order valence-corrected chi connectivity index (χ0v) is 22.6. The number of aryl methyl sites for hydroxylation is 2. The molecule has 3 rings (SSSR count). The highest BCUT2D eigenvalue weighted by Crippen LogP contribution is 2.31. The van der Waals surface area contributed by atoms with Crippen LogP contribution in [0, 0.1) is 6.92 Å². The normalized spacial score (nSPS) is 11.4. The molecule has 0 radical (unpaired) electrons. The molecule has 0 saturated carbocycles. The summed E-state index contributed by atoms with van der Waals surface area (Å²) in [5, 5.41) is 13.4. The van der Waals surface area contributed by atoms with Crippen LogP contribution >= 0.6 is 12.0 Å². The van der Waals surface area contributed by atoms with Gasteiger partial charge in [0.1, 0.15) is 6.54 Å². The molecule has 0 aliphatic carbocycles. The fraction of sp³-hybridized carbons (Fsp3) is 0.417. The second-order valence-electron chi connectivity index (χ2n) is 7.98. The van der Waals surface area contributed by atoms with Crippen molar-refractivity contribution in [3.63, 3.8) is 0 Å². The van der Waals surface area contributed by atoms with E-state index in [0.29, 0.717) is 23.1 Å². The van der Waals surface area contributed by atoms with Crippen molar-refractivity contribution in [2.24, 2.45) is 0 Å². The van der Waals surface area contributed by atoms with E-state index in [0.717, 1.165) is 28.7 Å². The minimum absolute atomic E-state index is 0.244. The standard InChI is InChI=1S/C18H18N2O7S2.C6H15N/c1-13-3-4-15(11-17(13)28-27-26-21)16-12-19-18(25-16)14-5-8-20(9-6-14)7-2-10-29(22,23)24;1-4-7(5-2)6-3/h3-6,8-9,11-12H,2,7,10H2,1H3,(H-,21,22,23,24);4-6H2,1-3H3. The molecule has 0 bridgehead atoms. The number of pyridine rings is 1. The van der Waals surface area contributed by atoms with Gasteiger partial charge in [-0.25, -0.2) is 18.0 Å². The van der Waals surface area contributed by atoms with Gasteiger partial charge in [-0.15, -0.1) is 0 Å². The summed E-state index contributed by atoms with van der Waals surface area (Å²) >= 11 is 0.812. The summed E-state index contributed by atoms with van der Waals surface area (Å²) in [5.41, 5.74) is 2.41. The molecule has 1 aromatic carbocycles. The number of aromatic nitrogens is 2. The number of rotatable bonds is 12. The van der Waals surface area contributed by atoms with Crippen molar-refractivity contribution in [2.45, 2.75) is 45.6 Å². The van der Waals surface area contributed by atoms with E-state index in [4.69, 9.17) is 4.42 Å². The first-order valence-electron chi connectivity index (χ1n) is 11.7. The van der Waals surface area contributed by atoms with Gasteiger partial charge in [-0.3, -0.25) is 5.04 Å². The fourth-order valence-corrected chi connectivity index (χ4v) is 4.32. The van der Waals surface area contributed by atoms with E-state index in [-0.39, 0.29) is 6.42 Å². The van der Waals surface area contributed by atoms with Crippen molar-refractivity contribution >= 4 is 22.2 Å². The highest BCUT2D eigenvalue weighted by atomic mass is 32.2. The number of oxazole rings is 1. The molecule has 10 nitrogen and oxygen atoms in total. The first-order chi connectivity index (χ1) is 17.2. The molecule has 36 heavy (non-hydrogen) atoms. The topological polar surface area (TPSA) is 133 Å². The van der Waals surface area contributed by atoms with Crippen molar-refractivity contribution in [3.05, 3.63) is 54.5 Å². The van der Waals surface area contributed by atoms with Crippen LogP contribution in [0.2, 0.25) is 0 Å². The fourth-order valence-electron chi connectivity index (χ4n) is 3.36. The quantitative estimate of drug-likeness (QED) is 0.120. The molecule has 0 unspecified atom stereocenters. The number of nitrogens with one attached hydrogen (secondary N) is 1. The molecule has 0 spiro atoms. The molecule has 3 aromatic rings. The third-order valence-electron chi connectivity index (χ3n) is 5.58. The van der Waals surface area contributed by atoms with Gasteiger partial charge >= 0.3 is 0 Å². The Labute approximate surface area is 216 Å². The summed E-state index contributed by atoms with van der Waals surface area (Å²) in [6.45, 7) is 12.8. The van der Waals surface area contributed by atoms with Gasteiger partial charge in [0.2, 0.25) is 5.89 Å². The number of benzene rings is 1. The van der Waals surface area contributed by atoms with Gasteiger partial charge in [-0.05, 0) is 39.3 Å². The van der Waals surface area contributed by atoms with Crippen LogP contribution in [0.15, 0.2) is 58.2 Å². The van der Waals surface area contributed by atoms with Crippen LogP contribution < -0.4 is 14.7 Å². The van der Waals surface area contributed by atoms with Crippen molar-refractivity contribution in [3.8, 4) is 22.8 Å². The zero-order chi connectivity index (χ0) is 26.6. The Morgan fingerprint density at radius 2 is 1.75 bits per heavy atom. The lowest BCUT2D eigenvalue weighted by atomic mass is 10.1. The predicted molar refractivity (Wildman–Crippen MR) is 132 cm³/mol. The molecule has 0 atom stereocenters. The molecule has 0 aliphatic rings. The second-order valence-corrected chi connectivity index (χ2v) is 10.2. The molecule has 0 aliphatic heterocycles. The summed E-state index contributed by atoms with van der Waals surface area (Å²) in [6, 6.07) is 9.10. The lowest BCUT2D eigenvalue weighted by Gasteiger charge is -2.10. The Morgan fingerprint density at radius 3 is 2.31 bits per heavy atom. The van der Waals surface area contributed by atoms with E-state index in [2.05, 4.69) is 35.1 Å². The van der Waals surface area contributed by atoms with Gasteiger partial charge in [-0.1, -0.05) is 12.1 Å². The molecule has 0 saturated heterocycles. The molecule has 0 fully saturated rings. The predicted octanol–water partition coefficient (Wildman–Crippen LogP) is 1.70. The lowest BCUT2D eigenvalue weighted by molar-refractivity contribution is -0.894. The van der Waals surface area contributed by atoms with E-state index >= 15 is 0 Å². The SMILES string of the molecule is CC[NH+](CC)CC.Cc1ccc(-c2cnc(-c3cc[n+](CCCS(=O)(=O)[O-])cc3)o2)cc1SOO[O-]. The Hall–Kier alpha value is -2.32. The van der Waals surface area contributed by atoms with Crippen molar-refractivity contribution in [2.75, 3.05) is 25.4 Å². The Balaban J connectivity index is 0.000000572. The van der Waals surface area contributed by atoms with E-state index < -0.39 is 15.9 Å². The Bertz CT molecular complexity index is 1160. The van der Waals surface area contributed by atoms with E-state index in [1.54, 1.807) is 46.3 Å². The Kier molecular flexibility index (Phi) is 12.5. The first kappa shape index (κ1) is 29.9. The van der Waals surface area contributed by atoms with Crippen LogP contribution in [0.4, 0.5) is 0 Å². The smallest absolute Gasteiger partial charge is 0.227 e. The average Bonchev–Trinajstić information content (AvgIpc) is 3.35. The van der Waals surface area contributed by atoms with Crippen LogP contribution in [0.3, 0.4) is 0 Å². The molecule has 1 N–H and O–H groups in total. The molecular formula is C24H33N3O7S2. The second kappa shape index (κ2) is 15.1. The third-order valence-corrected chi connectivity index (χ3v) is 7.11. The van der Waals surface area contributed by atoms with E-state index in [9.17, 15) is 18.2 Å². The lowest BCUT2D eigenvalue weighted by Crippen LogP contribution is -3.11. The van der Waals surface area contributed by atoms with Crippen molar-refractivity contribution in [1.29, 1.82) is 0 Å². The molecule has 12 heteroatoms. The van der Waals surface area contributed by atoms with Crippen molar-refractivity contribution in [1.82, 2.24) is 4.98 Å². The number of nitrogens with zero attached hydrogens (tertiary/aromatic N) is 2. The van der Waals surface area contributed by atoms with Gasteiger partial charge in [-0.2, -0.15) is 4.33 Å². The van der Waals surface area contributed by atoms with Crippen LogP contribution in [-0.2, 0) is 26.0 Å². The summed E-state index contributed by atoms with van der Waals surface area (Å²) in [4.78, 5) is 6.68. The molecule has 0 amide bonds. The highest BCUT2D eigenvalue weighted by molar-refractivity contribution is 7.94. The van der Waals surface area contributed by atoms with Gasteiger partial charge in [0, 0.05) is 40.3 Å². The first-order valence-corrected chi connectivity index (χ1v) is 14.0. The highest BCUT2D eigenvalue weighted by Gasteiger charge is 2.12.